The summed E-state index contributed by atoms with van der Waals surface area (Å²) in [7, 11) is 3.87. The van der Waals surface area contributed by atoms with Crippen LogP contribution in [0.1, 0.15) is 139 Å². The molecular formula is C91H126FN25O20S. The van der Waals surface area contributed by atoms with Crippen molar-refractivity contribution in [1.82, 2.24) is 103 Å². The molecule has 9 rings (SSSR count). The van der Waals surface area contributed by atoms with E-state index in [9.17, 15) is 62.5 Å². The summed E-state index contributed by atoms with van der Waals surface area (Å²) in [5.41, 5.74) is 25.8. The molecule has 3 aliphatic rings. The van der Waals surface area contributed by atoms with Gasteiger partial charge in [-0.2, -0.15) is 0 Å². The maximum Gasteiger partial charge on any atom is 0.303 e. The number of para-hydroxylation sites is 2. The van der Waals surface area contributed by atoms with Crippen LogP contribution in [-0.2, 0) is 112 Å². The Morgan fingerprint density at radius 3 is 1.68 bits per heavy atom. The van der Waals surface area contributed by atoms with Crippen LogP contribution < -0.4 is 81.4 Å². The molecule has 0 aliphatic carbocycles. The van der Waals surface area contributed by atoms with Gasteiger partial charge in [-0.05, 0) is 106 Å². The Balaban J connectivity index is 1.11. The van der Waals surface area contributed by atoms with E-state index < -0.39 is 266 Å². The molecule has 47 heteroatoms. The standard InChI is InChI=1S/C91H126FN25O20S/c1-7-9-22-69-83(130)106-60(21-15-33-99-91(96)97)79(126)112-68(78(125)102-44-74(95)120)46-138-47-75(121)104-65(35-50-25-27-53(92)28-26-50)86(133)113(4)49(3)77(124)110-67(40-73(94)119)89(136)116-34-16-24-70(116)84(131)109-64(38-54-43-98-48-103-54)82(129)107-62(29-30-76(122)123)88(135)117-45-55(118)39-72(117)85(132)108-63(36-51-41-100-58-19-13-11-17-56(51)58)81(128)105-61(31-32-93)80(127)111-66(37-52-42-101-59-20-14-12-18-57(52)59)87(134)115(6)71(23-10-8-2)90(137)114(69)5/h11-14,17-20,25-28,41-43,48-49,55,60-72,100-101,118H,7-10,15-16,21-24,29-40,44-47,93H2,1-6H3,(H2,94,119)(H2,95,120)(H,98,103)(H,102,125)(H,104,121)(H,105,128)(H,106,130)(H,107,129)(H,108,132)(H,109,131)(H,110,124)(H,111,127)(H,112,126)(H,122,123)(H4,96,97,99)/t49-,55+,60-,61-,62-,63-,64-,65-,66-,67-,68-,69-,70-,71-,72-/m0/s1. The molecular weight excluding hydrogens is 1810 g/mol. The molecule has 3 aromatic heterocycles. The number of carbonyl (C=O) groups is 18. The molecule has 45 nitrogen and oxygen atoms in total. The number of unbranched alkanes of at least 4 members (excludes halogenated alkanes) is 2. The van der Waals surface area contributed by atoms with Gasteiger partial charge < -0.3 is 131 Å². The van der Waals surface area contributed by atoms with Gasteiger partial charge in [0.1, 0.15) is 90.4 Å². The molecule has 3 saturated heterocycles. The number of hydrogen-bond donors (Lipinski definition) is 21. The number of carboxylic acids is 1. The number of likely N-dealkylation sites (N-methyl/N-ethyl adjacent to an activating group) is 3. The van der Waals surface area contributed by atoms with Crippen molar-refractivity contribution < 1.29 is 101 Å². The van der Waals surface area contributed by atoms with Gasteiger partial charge in [0.25, 0.3) is 0 Å². The molecule has 25 N–H and O–H groups in total. The van der Waals surface area contributed by atoms with Gasteiger partial charge >= 0.3 is 5.97 Å². The summed E-state index contributed by atoms with van der Waals surface area (Å²) in [4.78, 5) is 282. The smallest absolute Gasteiger partial charge is 0.303 e. The number of carboxylic acid groups (broad SMARTS) is 1. The minimum absolute atomic E-state index is 0.0136. The number of aromatic nitrogens is 4. The number of guanidine groups is 1. The Hall–Kier alpha value is -14.1. The maximum atomic E-state index is 15.9. The van der Waals surface area contributed by atoms with E-state index in [0.29, 0.717) is 64.2 Å². The monoisotopic (exact) mass is 1940 g/mol. The van der Waals surface area contributed by atoms with Gasteiger partial charge in [-0.15, -0.1) is 11.8 Å². The third kappa shape index (κ3) is 30.2. The number of rotatable bonds is 28. The highest BCUT2D eigenvalue weighted by molar-refractivity contribution is 8.00. The van der Waals surface area contributed by atoms with E-state index in [-0.39, 0.29) is 89.5 Å². The van der Waals surface area contributed by atoms with Crippen molar-refractivity contribution in [2.24, 2.45) is 22.9 Å². The number of aliphatic hydroxyl groups is 1. The van der Waals surface area contributed by atoms with Crippen molar-refractivity contribution >= 4 is 146 Å². The lowest BCUT2D eigenvalue weighted by Gasteiger charge is -2.36. The zero-order valence-corrected chi connectivity index (χ0v) is 78.6. The van der Waals surface area contributed by atoms with Crippen molar-refractivity contribution in [2.75, 3.05) is 65.4 Å². The van der Waals surface area contributed by atoms with E-state index in [2.05, 4.69) is 78.4 Å². The average Bonchev–Trinajstić information content (AvgIpc) is 1.70. The molecule has 0 radical (unpaired) electrons. The highest BCUT2D eigenvalue weighted by Crippen LogP contribution is 2.28. The SMILES string of the molecule is CCCC[C@H]1C(=O)N(C)[C@@H](CCCC)C(=O)N[C@@H](CCCNC(=N)N)C(=O)N[C@H](C(=O)NCC(N)=O)CSCC(=O)N[C@@H](Cc2ccc(F)cc2)C(=O)N(C)[C@@H](C)C(=O)N[C@@H](CC(N)=O)C(=O)N2CCC[C@H]2C(=O)N[C@@H](Cc2cnc[nH]2)C(=O)N[C@@H](CCC(=O)O)C(=O)N2C[C@H](O)C[C@H]2C(=O)N[C@@H](Cc2c[nH]c3ccccc23)C(=O)N[C@@H](CCN)C(=O)N[C@@H](Cc2c[nH]c3ccccc23)C(=O)N1C. The number of aromatic amines is 3. The van der Waals surface area contributed by atoms with Crippen molar-refractivity contribution in [2.45, 2.75) is 233 Å². The zero-order valence-electron chi connectivity index (χ0n) is 77.8. The number of fused-ring (bicyclic) bond motifs is 4. The first-order chi connectivity index (χ1) is 65.8. The van der Waals surface area contributed by atoms with Gasteiger partial charge in [0.05, 0.1) is 31.1 Å². The van der Waals surface area contributed by atoms with E-state index in [1.807, 2.05) is 13.8 Å². The van der Waals surface area contributed by atoms with Crippen LogP contribution in [0.5, 0.6) is 0 Å². The second kappa shape index (κ2) is 51.7. The average molecular weight is 1940 g/mol. The predicted octanol–water partition coefficient (Wildman–Crippen LogP) is -3.32. The number of halogens is 1. The van der Waals surface area contributed by atoms with Crippen LogP contribution in [0.3, 0.4) is 0 Å². The van der Waals surface area contributed by atoms with Gasteiger partial charge in [0, 0.05) is 131 Å². The number of hydrogen-bond acceptors (Lipinski definition) is 23. The number of benzene rings is 3. The molecule has 0 bridgehead atoms. The number of thioether (sulfide) groups is 1. The summed E-state index contributed by atoms with van der Waals surface area (Å²) >= 11 is 0.734. The van der Waals surface area contributed by atoms with Crippen LogP contribution in [0.4, 0.5) is 4.39 Å². The third-order valence-electron chi connectivity index (χ3n) is 24.5. The van der Waals surface area contributed by atoms with Crippen LogP contribution in [-0.4, -0.2) is 323 Å². The largest absolute Gasteiger partial charge is 0.481 e. The number of amides is 17. The van der Waals surface area contributed by atoms with E-state index in [0.717, 1.165) is 48.4 Å². The van der Waals surface area contributed by atoms with Crippen LogP contribution >= 0.6 is 11.8 Å². The van der Waals surface area contributed by atoms with Crippen LogP contribution in [0.25, 0.3) is 21.8 Å². The van der Waals surface area contributed by atoms with Gasteiger partial charge in [-0.1, -0.05) is 88.1 Å². The van der Waals surface area contributed by atoms with Crippen molar-refractivity contribution in [1.29, 1.82) is 5.41 Å². The number of imidazole rings is 1. The highest BCUT2D eigenvalue weighted by Gasteiger charge is 2.47. The van der Waals surface area contributed by atoms with Gasteiger partial charge in [0.15, 0.2) is 5.96 Å². The molecule has 3 aromatic carbocycles. The Labute approximate surface area is 799 Å². The molecule has 3 fully saturated rings. The van der Waals surface area contributed by atoms with Crippen molar-refractivity contribution in [3.8, 4) is 0 Å². The fourth-order valence-corrected chi connectivity index (χ4v) is 17.7. The molecule has 748 valence electrons. The molecule has 0 saturated carbocycles. The van der Waals surface area contributed by atoms with Crippen LogP contribution in [0.15, 0.2) is 97.7 Å². The Morgan fingerprint density at radius 1 is 0.543 bits per heavy atom. The van der Waals surface area contributed by atoms with E-state index in [1.165, 1.54) is 52.7 Å². The Morgan fingerprint density at radius 2 is 1.08 bits per heavy atom. The quantitative estimate of drug-likeness (QED) is 0.0130. The van der Waals surface area contributed by atoms with E-state index in [4.69, 9.17) is 28.3 Å². The second-order valence-electron chi connectivity index (χ2n) is 34.6. The molecule has 138 heavy (non-hydrogen) atoms. The summed E-state index contributed by atoms with van der Waals surface area (Å²) in [6.07, 6.45) is 1.26. The number of nitrogens with two attached hydrogens (primary N) is 4. The molecule has 0 spiro atoms. The summed E-state index contributed by atoms with van der Waals surface area (Å²) in [5.74, 6) is -20.4. The number of nitrogens with one attached hydrogen (secondary N) is 15. The summed E-state index contributed by atoms with van der Waals surface area (Å²) < 4.78 is 14.4. The molecule has 0 unspecified atom stereocenters. The normalized spacial score (nSPS) is 24.4. The second-order valence-corrected chi connectivity index (χ2v) is 35.7. The van der Waals surface area contributed by atoms with Gasteiger partial charge in [-0.3, -0.25) is 91.7 Å². The summed E-state index contributed by atoms with van der Waals surface area (Å²) in [5, 5.41) is 59.5. The fraction of sp³-hybridized carbons (Fsp3) is 0.516. The summed E-state index contributed by atoms with van der Waals surface area (Å²) in [6, 6.07) is -3.67. The van der Waals surface area contributed by atoms with Crippen molar-refractivity contribution in [3.05, 3.63) is 126 Å². The van der Waals surface area contributed by atoms with Crippen molar-refractivity contribution in [3.63, 3.8) is 0 Å². The topological polar surface area (TPSA) is 684 Å². The predicted molar refractivity (Wildman–Crippen MR) is 502 cm³/mol. The molecule has 6 aromatic rings. The van der Waals surface area contributed by atoms with Gasteiger partial charge in [0.2, 0.25) is 100 Å². The van der Waals surface area contributed by atoms with E-state index >= 15 is 38.4 Å². The first kappa shape index (κ1) is 108. The number of aliphatic hydroxyl groups excluding tert-OH is 1. The third-order valence-corrected chi connectivity index (χ3v) is 25.5. The lowest BCUT2D eigenvalue weighted by Crippen LogP contribution is -2.61. The lowest BCUT2D eigenvalue weighted by atomic mass is 9.99. The molecule has 15 atom stereocenters. The zero-order chi connectivity index (χ0) is 101. The Bertz CT molecular complexity index is 5350. The number of carbonyl (C=O) groups excluding carboxylic acids is 17. The lowest BCUT2D eigenvalue weighted by molar-refractivity contribution is -0.149. The molecule has 3 aliphatic heterocycles. The van der Waals surface area contributed by atoms with Crippen LogP contribution in [0.2, 0.25) is 0 Å². The number of nitrogens with zero attached hydrogens (tertiary/aromatic N) is 6. The highest BCUT2D eigenvalue weighted by atomic mass is 32.2. The number of H-pyrrole nitrogens is 3. The van der Waals surface area contributed by atoms with Crippen LogP contribution in [0, 0.1) is 11.2 Å². The fourth-order valence-electron chi connectivity index (χ4n) is 16.9. The van der Waals surface area contributed by atoms with E-state index in [1.54, 1.807) is 60.9 Å². The maximum absolute atomic E-state index is 15.9. The summed E-state index contributed by atoms with van der Waals surface area (Å²) in [6.45, 7) is 3.09. The Kier molecular flexibility index (Phi) is 40.3. The first-order valence-electron chi connectivity index (χ1n) is 45.8. The number of primary amides is 2. The van der Waals surface area contributed by atoms with Gasteiger partial charge in [-0.25, -0.2) is 9.37 Å². The minimum Gasteiger partial charge on any atom is -0.481 e. The molecule has 17 amide bonds. The first-order valence-corrected chi connectivity index (χ1v) is 47.0. The number of aliphatic carboxylic acids is 1. The molecule has 6 heterocycles. The minimum atomic E-state index is -1.85.